The zero-order valence-electron chi connectivity index (χ0n) is 5.72. The van der Waals surface area contributed by atoms with Gasteiger partial charge in [0.25, 0.3) is 0 Å². The van der Waals surface area contributed by atoms with Crippen molar-refractivity contribution >= 4 is 0 Å². The molecule has 0 aliphatic rings. The summed E-state index contributed by atoms with van der Waals surface area (Å²) in [6, 6.07) is 0. The molecule has 0 radical (unpaired) electrons. The lowest BCUT2D eigenvalue weighted by Crippen LogP contribution is -1.85. The monoisotopic (exact) mass is 126 g/mol. The van der Waals surface area contributed by atoms with E-state index in [4.69, 9.17) is 4.52 Å². The van der Waals surface area contributed by atoms with Crippen LogP contribution in [0.2, 0.25) is 0 Å². The van der Waals surface area contributed by atoms with E-state index in [-0.39, 0.29) is 0 Å². The standard InChI is InChI=1S/C6H10N2O/c1-3-5-6(4-2)9-8-7-5/h3-4H2,1-2H3. The fourth-order valence-corrected chi connectivity index (χ4v) is 0.764. The number of hydrogen-bond donors (Lipinski definition) is 0. The highest BCUT2D eigenvalue weighted by Crippen LogP contribution is 2.04. The molecule has 50 valence electrons. The molecule has 0 N–H and O–H groups in total. The van der Waals surface area contributed by atoms with Gasteiger partial charge < -0.3 is 4.52 Å². The van der Waals surface area contributed by atoms with E-state index in [2.05, 4.69) is 10.4 Å². The summed E-state index contributed by atoms with van der Waals surface area (Å²) in [5.41, 5.74) is 0.984. The molecule has 3 nitrogen and oxygen atoms in total. The summed E-state index contributed by atoms with van der Waals surface area (Å²) in [6.45, 7) is 4.07. The molecular formula is C6H10N2O. The third kappa shape index (κ3) is 1.09. The van der Waals surface area contributed by atoms with Gasteiger partial charge in [0.05, 0.1) is 0 Å². The molecule has 0 aliphatic heterocycles. The molecular weight excluding hydrogens is 116 g/mol. The maximum absolute atomic E-state index is 4.84. The molecule has 0 fully saturated rings. The first-order valence-corrected chi connectivity index (χ1v) is 3.18. The molecule has 1 heterocycles. The van der Waals surface area contributed by atoms with Crippen LogP contribution in [0.15, 0.2) is 4.52 Å². The number of nitrogens with zero attached hydrogens (tertiary/aromatic N) is 2. The maximum atomic E-state index is 4.84. The molecule has 1 aromatic rings. The minimum atomic E-state index is 0.885. The molecule has 0 amide bonds. The van der Waals surface area contributed by atoms with Crippen molar-refractivity contribution in [3.05, 3.63) is 11.5 Å². The molecule has 1 rings (SSSR count). The quantitative estimate of drug-likeness (QED) is 0.597. The van der Waals surface area contributed by atoms with Crippen LogP contribution in [0.1, 0.15) is 25.3 Å². The van der Waals surface area contributed by atoms with Crippen molar-refractivity contribution in [1.82, 2.24) is 10.4 Å². The molecule has 0 bridgehead atoms. The van der Waals surface area contributed by atoms with Gasteiger partial charge >= 0.3 is 0 Å². The van der Waals surface area contributed by atoms with Crippen molar-refractivity contribution in [3.8, 4) is 0 Å². The maximum Gasteiger partial charge on any atom is 0.160 e. The van der Waals surface area contributed by atoms with Gasteiger partial charge in [0.2, 0.25) is 0 Å². The van der Waals surface area contributed by atoms with E-state index in [0.717, 1.165) is 24.3 Å². The normalized spacial score (nSPS) is 10.0. The Morgan fingerprint density at radius 2 is 2.11 bits per heavy atom. The van der Waals surface area contributed by atoms with Crippen LogP contribution in [0.4, 0.5) is 0 Å². The van der Waals surface area contributed by atoms with Gasteiger partial charge in [0.1, 0.15) is 5.69 Å². The second-order valence-electron chi connectivity index (χ2n) is 1.85. The zero-order chi connectivity index (χ0) is 6.69. The van der Waals surface area contributed by atoms with Crippen molar-refractivity contribution in [1.29, 1.82) is 0 Å². The average Bonchev–Trinajstić information content (AvgIpc) is 2.33. The number of aromatic nitrogens is 2. The Bertz CT molecular complexity index is 164. The summed E-state index contributed by atoms with van der Waals surface area (Å²) in [5, 5.41) is 7.23. The minimum absolute atomic E-state index is 0.885. The Morgan fingerprint density at radius 3 is 2.56 bits per heavy atom. The average molecular weight is 126 g/mol. The van der Waals surface area contributed by atoms with Crippen LogP contribution in [0, 0.1) is 0 Å². The Hall–Kier alpha value is -0.860. The van der Waals surface area contributed by atoms with Crippen molar-refractivity contribution in [2.75, 3.05) is 0 Å². The zero-order valence-corrected chi connectivity index (χ0v) is 5.72. The van der Waals surface area contributed by atoms with E-state index in [1.165, 1.54) is 0 Å². The van der Waals surface area contributed by atoms with Gasteiger partial charge in [-0.3, -0.25) is 0 Å². The smallest absolute Gasteiger partial charge is 0.160 e. The van der Waals surface area contributed by atoms with E-state index in [1.54, 1.807) is 0 Å². The van der Waals surface area contributed by atoms with Crippen LogP contribution in [0.5, 0.6) is 0 Å². The first-order chi connectivity index (χ1) is 4.38. The molecule has 0 unspecified atom stereocenters. The molecule has 0 aliphatic carbocycles. The molecule has 0 spiro atoms. The summed E-state index contributed by atoms with van der Waals surface area (Å²) < 4.78 is 4.84. The molecule has 1 aromatic heterocycles. The number of hydrogen-bond acceptors (Lipinski definition) is 3. The summed E-state index contributed by atoms with van der Waals surface area (Å²) in [4.78, 5) is 0. The fourth-order valence-electron chi connectivity index (χ4n) is 0.764. The van der Waals surface area contributed by atoms with Crippen LogP contribution in [0.25, 0.3) is 0 Å². The summed E-state index contributed by atoms with van der Waals surface area (Å²) in [5.74, 6) is 0.914. The van der Waals surface area contributed by atoms with Crippen LogP contribution in [-0.2, 0) is 12.8 Å². The van der Waals surface area contributed by atoms with Crippen LogP contribution < -0.4 is 0 Å². The Kier molecular flexibility index (Phi) is 1.82. The highest BCUT2D eigenvalue weighted by Gasteiger charge is 2.03. The minimum Gasteiger partial charge on any atom is -0.342 e. The molecule has 0 atom stereocenters. The van der Waals surface area contributed by atoms with Gasteiger partial charge in [-0.25, -0.2) is 0 Å². The van der Waals surface area contributed by atoms with Crippen LogP contribution >= 0.6 is 0 Å². The van der Waals surface area contributed by atoms with E-state index < -0.39 is 0 Å². The Balaban J connectivity index is 2.85. The molecule has 3 heteroatoms. The van der Waals surface area contributed by atoms with Crippen molar-refractivity contribution in [3.63, 3.8) is 0 Å². The fraction of sp³-hybridized carbons (Fsp3) is 0.667. The predicted octanol–water partition coefficient (Wildman–Crippen LogP) is 1.19. The Labute approximate surface area is 54.0 Å². The van der Waals surface area contributed by atoms with Gasteiger partial charge in [-0.15, -0.1) is 5.10 Å². The van der Waals surface area contributed by atoms with Gasteiger partial charge in [-0.1, -0.05) is 13.8 Å². The third-order valence-corrected chi connectivity index (χ3v) is 1.29. The second-order valence-corrected chi connectivity index (χ2v) is 1.85. The molecule has 9 heavy (non-hydrogen) atoms. The molecule has 0 saturated heterocycles. The van der Waals surface area contributed by atoms with Crippen LogP contribution in [-0.4, -0.2) is 10.4 Å². The lowest BCUT2D eigenvalue weighted by atomic mass is 10.2. The first kappa shape index (κ1) is 6.26. The number of rotatable bonds is 2. The van der Waals surface area contributed by atoms with Gasteiger partial charge in [0.15, 0.2) is 5.76 Å². The van der Waals surface area contributed by atoms with Crippen molar-refractivity contribution < 1.29 is 4.52 Å². The second kappa shape index (κ2) is 2.62. The molecule has 0 aromatic carbocycles. The lowest BCUT2D eigenvalue weighted by molar-refractivity contribution is 0.364. The van der Waals surface area contributed by atoms with Crippen molar-refractivity contribution in [2.45, 2.75) is 26.7 Å². The molecule has 0 saturated carbocycles. The number of aryl methyl sites for hydroxylation is 2. The van der Waals surface area contributed by atoms with E-state index in [1.807, 2.05) is 13.8 Å². The van der Waals surface area contributed by atoms with Gasteiger partial charge in [0, 0.05) is 11.7 Å². The topological polar surface area (TPSA) is 38.9 Å². The third-order valence-electron chi connectivity index (χ3n) is 1.29. The van der Waals surface area contributed by atoms with Crippen LogP contribution in [0.3, 0.4) is 0 Å². The highest BCUT2D eigenvalue weighted by molar-refractivity contribution is 5.03. The van der Waals surface area contributed by atoms with E-state index >= 15 is 0 Å². The van der Waals surface area contributed by atoms with E-state index in [9.17, 15) is 0 Å². The first-order valence-electron chi connectivity index (χ1n) is 3.18. The summed E-state index contributed by atoms with van der Waals surface area (Å²) >= 11 is 0. The largest absolute Gasteiger partial charge is 0.342 e. The highest BCUT2D eigenvalue weighted by atomic mass is 16.5. The lowest BCUT2D eigenvalue weighted by Gasteiger charge is -1.86. The van der Waals surface area contributed by atoms with E-state index in [0.29, 0.717) is 0 Å². The Morgan fingerprint density at radius 1 is 1.33 bits per heavy atom. The van der Waals surface area contributed by atoms with Gasteiger partial charge in [-0.05, 0) is 6.42 Å². The summed E-state index contributed by atoms with van der Waals surface area (Å²) in [6.07, 6.45) is 1.79. The van der Waals surface area contributed by atoms with Crippen molar-refractivity contribution in [2.24, 2.45) is 0 Å². The summed E-state index contributed by atoms with van der Waals surface area (Å²) in [7, 11) is 0. The predicted molar refractivity (Wildman–Crippen MR) is 33.1 cm³/mol. The SMILES string of the molecule is CCc1nnoc1CC. The van der Waals surface area contributed by atoms with Gasteiger partial charge in [-0.2, -0.15) is 0 Å².